The summed E-state index contributed by atoms with van der Waals surface area (Å²) in [5, 5.41) is 2.00. The highest BCUT2D eigenvalue weighted by atomic mass is 32.3. The number of esters is 1. The van der Waals surface area contributed by atoms with E-state index in [0.717, 1.165) is 10.8 Å². The van der Waals surface area contributed by atoms with Crippen LogP contribution in [0.3, 0.4) is 0 Å². The molecule has 8 heteroatoms. The van der Waals surface area contributed by atoms with Crippen LogP contribution in [0.15, 0.2) is 36.7 Å². The second-order valence-corrected chi connectivity index (χ2v) is 4.27. The molecule has 0 aliphatic carbocycles. The van der Waals surface area contributed by atoms with Gasteiger partial charge in [0.2, 0.25) is 0 Å². The fourth-order valence-corrected chi connectivity index (χ4v) is 1.33. The lowest BCUT2D eigenvalue weighted by Crippen LogP contribution is -2.00. The van der Waals surface area contributed by atoms with Gasteiger partial charge in [0.25, 0.3) is 0 Å². The molecule has 19 heavy (non-hydrogen) atoms. The maximum Gasteiger partial charge on any atom is 0.394 e. The van der Waals surface area contributed by atoms with Gasteiger partial charge in [-0.2, -0.15) is 8.42 Å². The van der Waals surface area contributed by atoms with E-state index in [1.54, 1.807) is 24.5 Å². The number of rotatable bonds is 1. The van der Waals surface area contributed by atoms with Crippen LogP contribution in [0.4, 0.5) is 0 Å². The van der Waals surface area contributed by atoms with E-state index in [9.17, 15) is 4.79 Å². The second-order valence-electron chi connectivity index (χ2n) is 3.38. The number of aromatic nitrogens is 1. The molecule has 0 amide bonds. The van der Waals surface area contributed by atoms with Crippen LogP contribution in [0.5, 0.6) is 0 Å². The van der Waals surface area contributed by atoms with Gasteiger partial charge in [-0.15, -0.1) is 0 Å². The summed E-state index contributed by atoms with van der Waals surface area (Å²) in [5.74, 6) is -0.316. The molecule has 0 unspecified atom stereocenters. The fraction of sp³-hybridized carbons (Fsp3) is 0.0909. The van der Waals surface area contributed by atoms with E-state index in [1.807, 2.05) is 12.1 Å². The Morgan fingerprint density at radius 3 is 2.42 bits per heavy atom. The van der Waals surface area contributed by atoms with Crippen molar-refractivity contribution in [3.05, 3.63) is 42.2 Å². The average Bonchev–Trinajstić information content (AvgIpc) is 2.35. The molecule has 7 nitrogen and oxygen atoms in total. The van der Waals surface area contributed by atoms with Crippen molar-refractivity contribution in [2.24, 2.45) is 0 Å². The zero-order chi connectivity index (χ0) is 14.5. The zero-order valence-electron chi connectivity index (χ0n) is 9.85. The molecule has 0 fully saturated rings. The van der Waals surface area contributed by atoms with E-state index in [2.05, 4.69) is 9.72 Å². The fourth-order valence-electron chi connectivity index (χ4n) is 1.33. The minimum Gasteiger partial charge on any atom is -0.465 e. The summed E-state index contributed by atoms with van der Waals surface area (Å²) in [6, 6.07) is 7.25. The molecule has 0 aliphatic rings. The smallest absolute Gasteiger partial charge is 0.394 e. The Balaban J connectivity index is 0.000000312. The third kappa shape index (κ3) is 5.42. The quantitative estimate of drug-likeness (QED) is 0.600. The molecule has 1 aromatic heterocycles. The standard InChI is InChI=1S/C11H9NO2.H2O4S/c1-14-11(13)9-2-3-10-7-12-5-4-8(10)6-9;1-5(2,3)4/h2-7H,1H3;(H2,1,2,3,4). The number of hydrogen-bond donors (Lipinski definition) is 2. The van der Waals surface area contributed by atoms with Gasteiger partial charge in [-0.1, -0.05) is 6.07 Å². The highest BCUT2D eigenvalue weighted by Gasteiger charge is 2.04. The van der Waals surface area contributed by atoms with Crippen LogP contribution < -0.4 is 0 Å². The summed E-state index contributed by atoms with van der Waals surface area (Å²) < 4.78 is 36.2. The van der Waals surface area contributed by atoms with Gasteiger partial charge < -0.3 is 4.74 Å². The number of nitrogens with zero attached hydrogens (tertiary/aromatic N) is 1. The van der Waals surface area contributed by atoms with Crippen molar-refractivity contribution < 1.29 is 27.1 Å². The number of benzene rings is 1. The van der Waals surface area contributed by atoms with E-state index in [-0.39, 0.29) is 5.97 Å². The Morgan fingerprint density at radius 2 is 1.84 bits per heavy atom. The molecule has 1 heterocycles. The lowest BCUT2D eigenvalue weighted by molar-refractivity contribution is 0.0601. The van der Waals surface area contributed by atoms with Crippen molar-refractivity contribution in [2.75, 3.05) is 7.11 Å². The van der Waals surface area contributed by atoms with Crippen LogP contribution in [0, 0.1) is 0 Å². The molecule has 102 valence electrons. The molecule has 0 radical (unpaired) electrons. The van der Waals surface area contributed by atoms with Gasteiger partial charge in [0.15, 0.2) is 0 Å². The van der Waals surface area contributed by atoms with Crippen molar-refractivity contribution in [3.8, 4) is 0 Å². The Labute approximate surface area is 109 Å². The molecule has 2 rings (SSSR count). The number of carbonyl (C=O) groups is 1. The molecule has 0 bridgehead atoms. The second kappa shape index (κ2) is 6.23. The van der Waals surface area contributed by atoms with Crippen molar-refractivity contribution in [2.45, 2.75) is 0 Å². The third-order valence-electron chi connectivity index (χ3n) is 2.06. The van der Waals surface area contributed by atoms with Crippen molar-refractivity contribution >= 4 is 27.1 Å². The normalized spacial score (nSPS) is 10.5. The minimum atomic E-state index is -4.67. The first-order valence-corrected chi connectivity index (χ1v) is 6.33. The number of methoxy groups -OCH3 is 1. The van der Waals surface area contributed by atoms with Crippen LogP contribution in [0.1, 0.15) is 10.4 Å². The number of fused-ring (bicyclic) bond motifs is 1. The molecule has 0 aliphatic heterocycles. The molecule has 0 saturated carbocycles. The SMILES string of the molecule is COC(=O)c1ccc2cnccc2c1.O=S(=O)(O)O. The summed E-state index contributed by atoms with van der Waals surface area (Å²) >= 11 is 0. The lowest BCUT2D eigenvalue weighted by atomic mass is 10.1. The molecular formula is C11H11NO6S. The molecule has 2 N–H and O–H groups in total. The van der Waals surface area contributed by atoms with Gasteiger partial charge in [-0.25, -0.2) is 4.79 Å². The highest BCUT2D eigenvalue weighted by molar-refractivity contribution is 7.79. The first-order valence-electron chi connectivity index (χ1n) is 4.93. The van der Waals surface area contributed by atoms with Gasteiger partial charge in [0.05, 0.1) is 12.7 Å². The Bertz CT molecular complexity index is 674. The minimum absolute atomic E-state index is 0.316. The molecular weight excluding hydrogens is 274 g/mol. The topological polar surface area (TPSA) is 114 Å². The highest BCUT2D eigenvalue weighted by Crippen LogP contribution is 2.14. The maximum absolute atomic E-state index is 11.2. The van der Waals surface area contributed by atoms with Crippen LogP contribution in [-0.4, -0.2) is 35.6 Å². The van der Waals surface area contributed by atoms with Crippen LogP contribution in [0.2, 0.25) is 0 Å². The predicted molar refractivity (Wildman–Crippen MR) is 67.3 cm³/mol. The van der Waals surface area contributed by atoms with Gasteiger partial charge >= 0.3 is 16.4 Å². The summed E-state index contributed by atoms with van der Waals surface area (Å²) in [5.41, 5.74) is 0.561. The van der Waals surface area contributed by atoms with Gasteiger partial charge in [0.1, 0.15) is 0 Å². The maximum atomic E-state index is 11.2. The van der Waals surface area contributed by atoms with Crippen LogP contribution in [0.25, 0.3) is 10.8 Å². The molecule has 1 aromatic carbocycles. The average molecular weight is 285 g/mol. The van der Waals surface area contributed by atoms with Crippen LogP contribution in [-0.2, 0) is 15.1 Å². The van der Waals surface area contributed by atoms with E-state index in [1.165, 1.54) is 7.11 Å². The Morgan fingerprint density at radius 1 is 1.21 bits per heavy atom. The van der Waals surface area contributed by atoms with Gasteiger partial charge in [0, 0.05) is 17.8 Å². The van der Waals surface area contributed by atoms with Gasteiger partial charge in [-0.05, 0) is 23.6 Å². The number of pyridine rings is 1. The first kappa shape index (κ1) is 15.0. The van der Waals surface area contributed by atoms with Crippen molar-refractivity contribution in [1.29, 1.82) is 0 Å². The van der Waals surface area contributed by atoms with Crippen molar-refractivity contribution in [1.82, 2.24) is 4.98 Å². The van der Waals surface area contributed by atoms with Gasteiger partial charge in [-0.3, -0.25) is 14.1 Å². The number of ether oxygens (including phenoxy) is 1. The molecule has 0 atom stereocenters. The van der Waals surface area contributed by atoms with Crippen LogP contribution >= 0.6 is 0 Å². The summed E-state index contributed by atoms with van der Waals surface area (Å²) in [6.07, 6.45) is 3.46. The monoisotopic (exact) mass is 285 g/mol. The number of carbonyl (C=O) groups excluding carboxylic acids is 1. The largest absolute Gasteiger partial charge is 0.465 e. The van der Waals surface area contributed by atoms with E-state index in [0.29, 0.717) is 5.56 Å². The molecule has 0 spiro atoms. The first-order chi connectivity index (χ1) is 8.81. The third-order valence-corrected chi connectivity index (χ3v) is 2.06. The molecule has 2 aromatic rings. The summed E-state index contributed by atoms with van der Waals surface area (Å²) in [6.45, 7) is 0. The predicted octanol–water partition coefficient (Wildman–Crippen LogP) is 1.37. The summed E-state index contributed by atoms with van der Waals surface area (Å²) in [4.78, 5) is 15.2. The van der Waals surface area contributed by atoms with Crippen molar-refractivity contribution in [3.63, 3.8) is 0 Å². The summed E-state index contributed by atoms with van der Waals surface area (Å²) in [7, 11) is -3.29. The zero-order valence-corrected chi connectivity index (χ0v) is 10.7. The van der Waals surface area contributed by atoms with E-state index >= 15 is 0 Å². The Hall–Kier alpha value is -2.03. The number of hydrogen-bond acceptors (Lipinski definition) is 5. The molecule has 0 saturated heterocycles. The Kier molecular flexibility index (Phi) is 4.93. The lowest BCUT2D eigenvalue weighted by Gasteiger charge is -2.00. The van der Waals surface area contributed by atoms with E-state index in [4.69, 9.17) is 17.5 Å². The van der Waals surface area contributed by atoms with E-state index < -0.39 is 10.4 Å².